The molecule has 1 aromatic heterocycles. The molecule has 8 heteroatoms. The first kappa shape index (κ1) is 25.0. The molecule has 1 fully saturated rings. The predicted molar refractivity (Wildman–Crippen MR) is 124 cm³/mol. The molecular formula is C25H35N3O5. The Bertz CT molecular complexity index is 942. The van der Waals surface area contributed by atoms with Crippen molar-refractivity contribution in [2.45, 2.75) is 64.7 Å². The molecule has 1 aliphatic heterocycles. The van der Waals surface area contributed by atoms with Gasteiger partial charge in [-0.1, -0.05) is 18.8 Å². The van der Waals surface area contributed by atoms with Crippen molar-refractivity contribution in [3.8, 4) is 17.7 Å². The molecule has 2 aliphatic rings. The van der Waals surface area contributed by atoms with Crippen LogP contribution >= 0.6 is 0 Å². The average Bonchev–Trinajstić information content (AvgIpc) is 3.57. The summed E-state index contributed by atoms with van der Waals surface area (Å²) in [6.07, 6.45) is 3.92. The third kappa shape index (κ3) is 6.68. The van der Waals surface area contributed by atoms with Gasteiger partial charge in [0.15, 0.2) is 0 Å². The van der Waals surface area contributed by atoms with Gasteiger partial charge in [-0.3, -0.25) is 9.59 Å². The minimum atomic E-state index is -1.18. The first-order valence-corrected chi connectivity index (χ1v) is 11.6. The molecule has 0 aromatic carbocycles. The predicted octanol–water partition coefficient (Wildman–Crippen LogP) is 1.68. The Labute approximate surface area is 195 Å². The van der Waals surface area contributed by atoms with Crippen LogP contribution < -0.4 is 4.74 Å². The zero-order valence-corrected chi connectivity index (χ0v) is 20.2. The van der Waals surface area contributed by atoms with Gasteiger partial charge in [0.2, 0.25) is 11.8 Å². The molecule has 0 unspecified atom stereocenters. The fourth-order valence-corrected chi connectivity index (χ4v) is 3.71. The third-order valence-corrected chi connectivity index (χ3v) is 6.07. The summed E-state index contributed by atoms with van der Waals surface area (Å²) in [4.78, 5) is 33.6. The molecule has 0 spiro atoms. The van der Waals surface area contributed by atoms with Crippen molar-refractivity contribution in [1.29, 1.82) is 0 Å². The van der Waals surface area contributed by atoms with Crippen LogP contribution in [-0.2, 0) is 4.79 Å². The normalized spacial score (nSPS) is 21.7. The van der Waals surface area contributed by atoms with Gasteiger partial charge < -0.3 is 24.7 Å². The fraction of sp³-hybridized carbons (Fsp3) is 0.640. The van der Waals surface area contributed by atoms with Crippen molar-refractivity contribution in [3.05, 3.63) is 23.4 Å². The largest absolute Gasteiger partial charge is 0.472 e. The Morgan fingerprint density at radius 1 is 1.42 bits per heavy atom. The second-order valence-corrected chi connectivity index (χ2v) is 9.93. The van der Waals surface area contributed by atoms with Gasteiger partial charge in [-0.2, -0.15) is 0 Å². The summed E-state index contributed by atoms with van der Waals surface area (Å²) in [5, 5.41) is 19.7. The van der Waals surface area contributed by atoms with Crippen LogP contribution in [0.5, 0.6) is 5.88 Å². The topological polar surface area (TPSA) is 103 Å². The highest BCUT2D eigenvalue weighted by molar-refractivity contribution is 5.97. The summed E-state index contributed by atoms with van der Waals surface area (Å²) in [5.41, 5.74) is -0.451. The number of aliphatic hydroxyl groups is 2. The monoisotopic (exact) mass is 457 g/mol. The number of aromatic nitrogens is 1. The summed E-state index contributed by atoms with van der Waals surface area (Å²) >= 11 is 0. The number of carbonyl (C=O) groups excluding carboxylic acids is 2. The molecule has 1 aromatic rings. The first-order chi connectivity index (χ1) is 15.5. The number of hydrogen-bond donors (Lipinski definition) is 2. The van der Waals surface area contributed by atoms with Crippen LogP contribution in [0.25, 0.3) is 0 Å². The molecule has 0 bridgehead atoms. The molecule has 33 heavy (non-hydrogen) atoms. The number of likely N-dealkylation sites (N-methyl/N-ethyl adjacent to an activating group) is 1. The second-order valence-electron chi connectivity index (χ2n) is 9.93. The molecule has 180 valence electrons. The quantitative estimate of drug-likeness (QED) is 0.630. The Morgan fingerprint density at radius 2 is 2.12 bits per heavy atom. The minimum Gasteiger partial charge on any atom is -0.472 e. The summed E-state index contributed by atoms with van der Waals surface area (Å²) in [7, 11) is 1.78. The molecular weight excluding hydrogens is 422 g/mol. The van der Waals surface area contributed by atoms with Crippen LogP contribution in [0.15, 0.2) is 12.3 Å². The van der Waals surface area contributed by atoms with E-state index in [1.54, 1.807) is 43.7 Å². The van der Waals surface area contributed by atoms with E-state index in [0.29, 0.717) is 31.0 Å². The smallest absolute Gasteiger partial charge is 0.259 e. The molecule has 1 aliphatic carbocycles. The Kier molecular flexibility index (Phi) is 7.65. The van der Waals surface area contributed by atoms with E-state index in [-0.39, 0.29) is 41.9 Å². The molecule has 0 radical (unpaired) electrons. The fourth-order valence-electron chi connectivity index (χ4n) is 3.71. The molecule has 2 heterocycles. The lowest BCUT2D eigenvalue weighted by Gasteiger charge is -2.37. The molecule has 3 atom stereocenters. The lowest BCUT2D eigenvalue weighted by atomic mass is 9.99. The average molecular weight is 458 g/mol. The van der Waals surface area contributed by atoms with Crippen molar-refractivity contribution in [2.24, 2.45) is 11.8 Å². The summed E-state index contributed by atoms with van der Waals surface area (Å²) in [6.45, 7) is 7.49. The molecule has 2 N–H and O–H groups in total. The molecule has 8 nitrogen and oxygen atoms in total. The minimum absolute atomic E-state index is 0.0938. The maximum absolute atomic E-state index is 13.4. The summed E-state index contributed by atoms with van der Waals surface area (Å²) < 4.78 is 6.21. The van der Waals surface area contributed by atoms with Gasteiger partial charge in [-0.15, -0.1) is 0 Å². The number of ether oxygens (including phenoxy) is 1. The molecule has 1 saturated carbocycles. The van der Waals surface area contributed by atoms with Gasteiger partial charge >= 0.3 is 0 Å². The highest BCUT2D eigenvalue weighted by Gasteiger charge is 2.35. The highest BCUT2D eigenvalue weighted by atomic mass is 16.5. The van der Waals surface area contributed by atoms with Crippen LogP contribution in [0.1, 0.15) is 62.9 Å². The number of aliphatic hydroxyl groups excluding tert-OH is 1. The number of rotatable bonds is 6. The van der Waals surface area contributed by atoms with Crippen LogP contribution in [0.2, 0.25) is 0 Å². The number of nitrogens with zero attached hydrogens (tertiary/aromatic N) is 3. The number of fused-ring (bicyclic) bond motifs is 1. The van der Waals surface area contributed by atoms with Crippen LogP contribution in [0, 0.1) is 23.7 Å². The van der Waals surface area contributed by atoms with Crippen molar-refractivity contribution >= 4 is 11.8 Å². The molecule has 2 amide bonds. The molecule has 3 rings (SSSR count). The maximum Gasteiger partial charge on any atom is 0.259 e. The van der Waals surface area contributed by atoms with E-state index in [9.17, 15) is 19.8 Å². The number of pyridine rings is 1. The van der Waals surface area contributed by atoms with Gasteiger partial charge in [-0.25, -0.2) is 4.98 Å². The lowest BCUT2D eigenvalue weighted by molar-refractivity contribution is -0.131. The van der Waals surface area contributed by atoms with Crippen LogP contribution in [0.3, 0.4) is 0 Å². The zero-order valence-electron chi connectivity index (χ0n) is 20.2. The number of amides is 2. The SMILES string of the molecule is C[C@@H]1CN([C@@H](C)CO)C(=O)c2cc(C#CC(C)(C)O)cnc2O[C@H]1CN(C)C(=O)CC1CC1. The van der Waals surface area contributed by atoms with Gasteiger partial charge in [0.05, 0.1) is 19.2 Å². The van der Waals surface area contributed by atoms with E-state index in [0.717, 1.165) is 12.8 Å². The van der Waals surface area contributed by atoms with Crippen molar-refractivity contribution < 1.29 is 24.5 Å². The first-order valence-electron chi connectivity index (χ1n) is 11.6. The van der Waals surface area contributed by atoms with Crippen LogP contribution in [-0.4, -0.2) is 81.3 Å². The van der Waals surface area contributed by atoms with E-state index in [1.807, 2.05) is 6.92 Å². The van der Waals surface area contributed by atoms with Gasteiger partial charge in [-0.05, 0) is 45.6 Å². The van der Waals surface area contributed by atoms with E-state index in [2.05, 4.69) is 16.8 Å². The Hall–Kier alpha value is -2.63. The van der Waals surface area contributed by atoms with Gasteiger partial charge in [0.1, 0.15) is 17.3 Å². The van der Waals surface area contributed by atoms with Crippen molar-refractivity contribution in [2.75, 3.05) is 26.7 Å². The van der Waals surface area contributed by atoms with Crippen molar-refractivity contribution in [3.63, 3.8) is 0 Å². The Morgan fingerprint density at radius 3 is 2.73 bits per heavy atom. The van der Waals surface area contributed by atoms with Crippen LogP contribution in [0.4, 0.5) is 0 Å². The summed E-state index contributed by atoms with van der Waals surface area (Å²) in [6, 6.07) is 1.21. The lowest BCUT2D eigenvalue weighted by Crippen LogP contribution is -2.50. The number of hydrogen-bond acceptors (Lipinski definition) is 6. The maximum atomic E-state index is 13.4. The van der Waals surface area contributed by atoms with Gasteiger partial charge in [0.25, 0.3) is 5.91 Å². The van der Waals surface area contributed by atoms with E-state index in [1.165, 1.54) is 6.20 Å². The number of carbonyl (C=O) groups is 2. The highest BCUT2D eigenvalue weighted by Crippen LogP contribution is 2.33. The Balaban J connectivity index is 1.92. The van der Waals surface area contributed by atoms with E-state index >= 15 is 0 Å². The third-order valence-electron chi connectivity index (χ3n) is 6.07. The molecule has 0 saturated heterocycles. The zero-order chi connectivity index (χ0) is 24.3. The second kappa shape index (κ2) is 10.1. The van der Waals surface area contributed by atoms with E-state index < -0.39 is 11.6 Å². The van der Waals surface area contributed by atoms with E-state index in [4.69, 9.17) is 4.74 Å². The summed E-state index contributed by atoms with van der Waals surface area (Å²) in [5.74, 6) is 5.96. The van der Waals surface area contributed by atoms with Crippen molar-refractivity contribution in [1.82, 2.24) is 14.8 Å². The van der Waals surface area contributed by atoms with Gasteiger partial charge in [0, 0.05) is 37.7 Å². The standard InChI is InChI=1S/C25H35N3O5/c1-16-13-28(17(2)15-29)24(31)20-10-19(8-9-25(3,4)32)12-26-23(20)33-21(16)14-27(5)22(30)11-18-6-7-18/h10,12,16-18,21,29,32H,6-7,11,13-15H2,1-5H3/t16-,17+,21+/m1/s1.